The summed E-state index contributed by atoms with van der Waals surface area (Å²) in [5, 5.41) is 3.30. The third-order valence-electron chi connectivity index (χ3n) is 3.29. The Morgan fingerprint density at radius 2 is 2.06 bits per heavy atom. The average molecular weight is 278 g/mol. The fraction of sp³-hybridized carbons (Fsp3) is 1.00. The van der Waals surface area contributed by atoms with Crippen LogP contribution in [-0.2, 0) is 14.8 Å². The Kier molecular flexibility index (Phi) is 6.55. The maximum absolute atomic E-state index is 12.1. The summed E-state index contributed by atoms with van der Waals surface area (Å²) in [6.45, 7) is 5.98. The summed E-state index contributed by atoms with van der Waals surface area (Å²) < 4.78 is 31.2. The molecule has 1 N–H and O–H groups in total. The maximum Gasteiger partial charge on any atom is 0.216 e. The molecule has 1 aliphatic rings. The second-order valence-electron chi connectivity index (χ2n) is 5.09. The van der Waals surface area contributed by atoms with Gasteiger partial charge in [-0.3, -0.25) is 0 Å². The lowest BCUT2D eigenvalue weighted by molar-refractivity contribution is 0.0906. The number of nitrogens with zero attached hydrogens (tertiary/aromatic N) is 1. The first-order valence-corrected chi connectivity index (χ1v) is 8.32. The van der Waals surface area contributed by atoms with Gasteiger partial charge in [0.2, 0.25) is 10.0 Å². The van der Waals surface area contributed by atoms with E-state index >= 15 is 0 Å². The van der Waals surface area contributed by atoms with Gasteiger partial charge in [0.25, 0.3) is 0 Å². The molecule has 0 aromatic rings. The highest BCUT2D eigenvalue weighted by molar-refractivity contribution is 7.89. The molecule has 1 rings (SSSR count). The molecule has 108 valence electrons. The first kappa shape index (κ1) is 15.9. The van der Waals surface area contributed by atoms with Gasteiger partial charge in [0.15, 0.2) is 0 Å². The van der Waals surface area contributed by atoms with Crippen LogP contribution in [0.2, 0.25) is 0 Å². The zero-order valence-electron chi connectivity index (χ0n) is 11.7. The average Bonchev–Trinajstić information content (AvgIpc) is 2.55. The van der Waals surface area contributed by atoms with E-state index in [0.717, 1.165) is 32.4 Å². The van der Waals surface area contributed by atoms with Gasteiger partial charge in [-0.2, -0.15) is 0 Å². The largest absolute Gasteiger partial charge is 0.378 e. The van der Waals surface area contributed by atoms with Crippen LogP contribution < -0.4 is 5.32 Å². The number of rotatable bonds is 6. The summed E-state index contributed by atoms with van der Waals surface area (Å²) in [7, 11) is -1.50. The SMILES string of the molecule is CC(C)OCCS(=O)(=O)N(C)C1CCCNCC1. The van der Waals surface area contributed by atoms with Crippen LogP contribution in [0.3, 0.4) is 0 Å². The van der Waals surface area contributed by atoms with Gasteiger partial charge < -0.3 is 10.1 Å². The van der Waals surface area contributed by atoms with Crippen LogP contribution in [0, 0.1) is 0 Å². The highest BCUT2D eigenvalue weighted by Crippen LogP contribution is 2.15. The van der Waals surface area contributed by atoms with E-state index in [0.29, 0.717) is 0 Å². The Labute approximate surface area is 111 Å². The molecule has 1 saturated heterocycles. The van der Waals surface area contributed by atoms with Crippen LogP contribution in [0.4, 0.5) is 0 Å². The second-order valence-corrected chi connectivity index (χ2v) is 7.23. The van der Waals surface area contributed by atoms with Crippen molar-refractivity contribution in [3.63, 3.8) is 0 Å². The van der Waals surface area contributed by atoms with Crippen molar-refractivity contribution in [2.45, 2.75) is 45.3 Å². The van der Waals surface area contributed by atoms with Crippen LogP contribution in [0.25, 0.3) is 0 Å². The smallest absolute Gasteiger partial charge is 0.216 e. The van der Waals surface area contributed by atoms with Crippen molar-refractivity contribution in [3.8, 4) is 0 Å². The minimum absolute atomic E-state index is 0.0750. The van der Waals surface area contributed by atoms with Crippen molar-refractivity contribution in [1.82, 2.24) is 9.62 Å². The Hall–Kier alpha value is -0.170. The third-order valence-corrected chi connectivity index (χ3v) is 5.15. The summed E-state index contributed by atoms with van der Waals surface area (Å²) in [4.78, 5) is 0. The Bertz CT molecular complexity index is 322. The first-order valence-electron chi connectivity index (χ1n) is 6.71. The molecule has 0 aromatic carbocycles. The van der Waals surface area contributed by atoms with E-state index < -0.39 is 10.0 Å². The molecule has 5 nitrogen and oxygen atoms in total. The fourth-order valence-electron chi connectivity index (χ4n) is 2.12. The van der Waals surface area contributed by atoms with Crippen molar-refractivity contribution < 1.29 is 13.2 Å². The molecule has 6 heteroatoms. The predicted octanol–water partition coefficient (Wildman–Crippen LogP) is 0.815. The molecule has 1 unspecified atom stereocenters. The van der Waals surface area contributed by atoms with Crippen molar-refractivity contribution in [3.05, 3.63) is 0 Å². The number of ether oxygens (including phenoxy) is 1. The van der Waals surface area contributed by atoms with Gasteiger partial charge in [0.1, 0.15) is 0 Å². The molecule has 0 spiro atoms. The highest BCUT2D eigenvalue weighted by atomic mass is 32.2. The molecule has 0 amide bonds. The second kappa shape index (κ2) is 7.43. The van der Waals surface area contributed by atoms with Crippen molar-refractivity contribution in [1.29, 1.82) is 0 Å². The van der Waals surface area contributed by atoms with Gasteiger partial charge in [-0.1, -0.05) is 0 Å². The van der Waals surface area contributed by atoms with E-state index in [1.54, 1.807) is 11.4 Å². The minimum atomic E-state index is -3.19. The Morgan fingerprint density at radius 1 is 1.33 bits per heavy atom. The van der Waals surface area contributed by atoms with Crippen LogP contribution in [0.15, 0.2) is 0 Å². The van der Waals surface area contributed by atoms with Crippen molar-refractivity contribution in [2.24, 2.45) is 0 Å². The van der Waals surface area contributed by atoms with Gasteiger partial charge >= 0.3 is 0 Å². The van der Waals surface area contributed by atoms with E-state index in [1.165, 1.54) is 0 Å². The third kappa shape index (κ3) is 5.22. The van der Waals surface area contributed by atoms with Crippen LogP contribution >= 0.6 is 0 Å². The lowest BCUT2D eigenvalue weighted by Crippen LogP contribution is -2.39. The molecule has 18 heavy (non-hydrogen) atoms. The zero-order chi connectivity index (χ0) is 13.6. The van der Waals surface area contributed by atoms with Gasteiger partial charge in [-0.15, -0.1) is 0 Å². The molecule has 0 aromatic heterocycles. The monoisotopic (exact) mass is 278 g/mol. The Balaban J connectivity index is 2.49. The number of hydrogen-bond donors (Lipinski definition) is 1. The van der Waals surface area contributed by atoms with E-state index in [2.05, 4.69) is 5.32 Å². The van der Waals surface area contributed by atoms with E-state index in [4.69, 9.17) is 4.74 Å². The summed E-state index contributed by atoms with van der Waals surface area (Å²) in [5.41, 5.74) is 0. The zero-order valence-corrected chi connectivity index (χ0v) is 12.5. The molecular formula is C12H26N2O3S. The molecular weight excluding hydrogens is 252 g/mol. The normalized spacial score (nSPS) is 22.4. The van der Waals surface area contributed by atoms with E-state index in [9.17, 15) is 8.42 Å². The quantitative estimate of drug-likeness (QED) is 0.781. The molecule has 0 aliphatic carbocycles. The van der Waals surface area contributed by atoms with Gasteiger partial charge in [-0.25, -0.2) is 12.7 Å². The first-order chi connectivity index (χ1) is 8.43. The Morgan fingerprint density at radius 3 is 2.72 bits per heavy atom. The lowest BCUT2D eigenvalue weighted by atomic mass is 10.1. The van der Waals surface area contributed by atoms with Crippen molar-refractivity contribution in [2.75, 3.05) is 32.5 Å². The lowest BCUT2D eigenvalue weighted by Gasteiger charge is -2.26. The fourth-order valence-corrected chi connectivity index (χ4v) is 3.38. The number of nitrogens with one attached hydrogen (secondary N) is 1. The van der Waals surface area contributed by atoms with Crippen LogP contribution in [0.5, 0.6) is 0 Å². The molecule has 1 aliphatic heterocycles. The van der Waals surface area contributed by atoms with Gasteiger partial charge in [-0.05, 0) is 46.2 Å². The molecule has 1 fully saturated rings. The summed E-state index contributed by atoms with van der Waals surface area (Å²) in [6, 6.07) is 0.129. The number of sulfonamides is 1. The molecule has 1 heterocycles. The standard InChI is InChI=1S/C12H26N2O3S/c1-11(2)17-9-10-18(15,16)14(3)12-5-4-7-13-8-6-12/h11-13H,4-10H2,1-3H3. The van der Waals surface area contributed by atoms with Crippen LogP contribution in [-0.4, -0.2) is 57.4 Å². The predicted molar refractivity (Wildman–Crippen MR) is 73.1 cm³/mol. The molecule has 0 radical (unpaired) electrons. The van der Waals surface area contributed by atoms with E-state index in [1.807, 2.05) is 13.8 Å². The molecule has 0 saturated carbocycles. The summed E-state index contributed by atoms with van der Waals surface area (Å²) in [5.74, 6) is 0.0750. The topological polar surface area (TPSA) is 58.6 Å². The minimum Gasteiger partial charge on any atom is -0.378 e. The van der Waals surface area contributed by atoms with Crippen LogP contribution in [0.1, 0.15) is 33.1 Å². The maximum atomic E-state index is 12.1. The number of hydrogen-bond acceptors (Lipinski definition) is 4. The highest BCUT2D eigenvalue weighted by Gasteiger charge is 2.26. The molecule has 0 bridgehead atoms. The summed E-state index contributed by atoms with van der Waals surface area (Å²) >= 11 is 0. The van der Waals surface area contributed by atoms with Gasteiger partial charge in [0.05, 0.1) is 18.5 Å². The summed E-state index contributed by atoms with van der Waals surface area (Å²) in [6.07, 6.45) is 2.94. The van der Waals surface area contributed by atoms with E-state index in [-0.39, 0.29) is 24.5 Å². The van der Waals surface area contributed by atoms with Crippen molar-refractivity contribution >= 4 is 10.0 Å². The van der Waals surface area contributed by atoms with Gasteiger partial charge in [0, 0.05) is 13.1 Å². The molecule has 1 atom stereocenters.